The van der Waals surface area contributed by atoms with Crippen molar-refractivity contribution in [1.29, 1.82) is 0 Å². The average molecular weight is 517 g/mol. The monoisotopic (exact) mass is 516 g/mol. The van der Waals surface area contributed by atoms with E-state index in [0.29, 0.717) is 5.56 Å². The zero-order valence-electron chi connectivity index (χ0n) is 17.9. The summed E-state index contributed by atoms with van der Waals surface area (Å²) in [5.41, 5.74) is -2.08. The van der Waals surface area contributed by atoms with Crippen LogP contribution in [0.1, 0.15) is 42.2 Å². The van der Waals surface area contributed by atoms with Gasteiger partial charge in [0.25, 0.3) is 0 Å². The van der Waals surface area contributed by atoms with Gasteiger partial charge in [0, 0.05) is 16.5 Å². The number of hydrogen-bond acceptors (Lipinski definition) is 6. The molecule has 0 saturated heterocycles. The Labute approximate surface area is 205 Å². The van der Waals surface area contributed by atoms with E-state index in [9.17, 15) is 39.6 Å². The van der Waals surface area contributed by atoms with Crippen LogP contribution in [0.2, 0.25) is 10.0 Å². The molecule has 9 nitrogen and oxygen atoms in total. The number of aromatic hydroxyl groups is 1. The fourth-order valence-corrected chi connectivity index (χ4v) is 4.52. The van der Waals surface area contributed by atoms with Gasteiger partial charge in [-0.05, 0) is 54.8 Å². The smallest absolute Gasteiger partial charge is 0.336 e. The van der Waals surface area contributed by atoms with Gasteiger partial charge in [-0.1, -0.05) is 23.2 Å². The molecule has 2 aromatic carbocycles. The average Bonchev–Trinajstić information content (AvgIpc) is 2.79. The lowest BCUT2D eigenvalue weighted by atomic mass is 9.87. The SMILES string of the molecule is Cc1cc2c(-c3cc(C(=O)O)c(C(=O)O)cc3C(=O)O)c3cc(C)c(=O)c(Cl)c-3oc2c(Cl)c1O. The molecule has 0 atom stereocenters. The standard InChI is InChI=1S/C24H14Cl2O9/c1-7-3-13-15(9-5-11(23(31)32)12(24(33)34)6-10(9)22(29)30)14-4-8(2)19(28)17(26)21(14)35-20(13)16(25)18(7)27/h3-6,27H,1-2H3,(H,29,30)(H,31,32)(H,33,34). The molecule has 0 aromatic heterocycles. The first kappa shape index (κ1) is 24.1. The summed E-state index contributed by atoms with van der Waals surface area (Å²) < 4.78 is 5.80. The van der Waals surface area contributed by atoms with Crippen molar-refractivity contribution in [2.24, 2.45) is 0 Å². The number of fused-ring (bicyclic) bond motifs is 2. The normalized spacial score (nSPS) is 11.2. The zero-order chi connectivity index (χ0) is 25.9. The van der Waals surface area contributed by atoms with Gasteiger partial charge in [0.1, 0.15) is 15.8 Å². The number of phenols is 1. The second-order valence-electron chi connectivity index (χ2n) is 7.78. The Bertz CT molecular complexity index is 1650. The number of aromatic carboxylic acids is 3. The van der Waals surface area contributed by atoms with Crippen LogP contribution < -0.4 is 5.43 Å². The predicted molar refractivity (Wildman–Crippen MR) is 127 cm³/mol. The predicted octanol–water partition coefficient (Wildman–Crippen LogP) is 5.29. The lowest BCUT2D eigenvalue weighted by molar-refractivity contribution is 0.0649. The molecule has 178 valence electrons. The molecule has 0 spiro atoms. The minimum absolute atomic E-state index is 0.0769. The van der Waals surface area contributed by atoms with E-state index in [-0.39, 0.29) is 54.8 Å². The van der Waals surface area contributed by atoms with E-state index in [4.69, 9.17) is 27.6 Å². The minimum atomic E-state index is -1.63. The summed E-state index contributed by atoms with van der Waals surface area (Å²) in [6.45, 7) is 3.01. The number of rotatable bonds is 4. The first-order valence-corrected chi connectivity index (χ1v) is 10.6. The number of benzene rings is 3. The second-order valence-corrected chi connectivity index (χ2v) is 8.54. The third kappa shape index (κ3) is 3.65. The van der Waals surface area contributed by atoms with Crippen molar-refractivity contribution in [3.05, 3.63) is 72.4 Å². The summed E-state index contributed by atoms with van der Waals surface area (Å²) in [5, 5.41) is 38.9. The molecular weight excluding hydrogens is 503 g/mol. The Kier molecular flexibility index (Phi) is 5.70. The topological polar surface area (TPSA) is 162 Å². The number of hydrogen-bond donors (Lipinski definition) is 4. The van der Waals surface area contributed by atoms with Crippen LogP contribution in [0.5, 0.6) is 5.75 Å². The van der Waals surface area contributed by atoms with Crippen molar-refractivity contribution in [1.82, 2.24) is 0 Å². The van der Waals surface area contributed by atoms with Crippen molar-refractivity contribution in [3.63, 3.8) is 0 Å². The number of carbonyl (C=O) groups is 3. The fraction of sp³-hybridized carbons (Fsp3) is 0.0833. The molecule has 2 aliphatic rings. The molecule has 4 N–H and O–H groups in total. The molecule has 0 bridgehead atoms. The van der Waals surface area contributed by atoms with Gasteiger partial charge in [0.2, 0.25) is 5.43 Å². The Morgan fingerprint density at radius 2 is 1.34 bits per heavy atom. The maximum absolute atomic E-state index is 12.5. The van der Waals surface area contributed by atoms with Crippen LogP contribution in [-0.2, 0) is 0 Å². The summed E-state index contributed by atoms with van der Waals surface area (Å²) in [4.78, 5) is 48.2. The molecule has 1 heterocycles. The summed E-state index contributed by atoms with van der Waals surface area (Å²) >= 11 is 12.6. The molecule has 0 radical (unpaired) electrons. The minimum Gasteiger partial charge on any atom is -0.506 e. The molecule has 35 heavy (non-hydrogen) atoms. The largest absolute Gasteiger partial charge is 0.506 e. The van der Waals surface area contributed by atoms with Gasteiger partial charge in [0.05, 0.1) is 16.7 Å². The molecule has 4 rings (SSSR count). The molecule has 0 unspecified atom stereocenters. The molecular formula is C24H14Cl2O9. The number of halogens is 2. The Balaban J connectivity index is 2.36. The van der Waals surface area contributed by atoms with E-state index in [1.54, 1.807) is 0 Å². The number of carboxylic acid groups (broad SMARTS) is 3. The van der Waals surface area contributed by atoms with Crippen molar-refractivity contribution in [2.45, 2.75) is 13.8 Å². The Morgan fingerprint density at radius 1 is 0.771 bits per heavy atom. The molecule has 0 amide bonds. The van der Waals surface area contributed by atoms with Crippen molar-refractivity contribution < 1.29 is 39.2 Å². The molecule has 2 aromatic rings. The highest BCUT2D eigenvalue weighted by atomic mass is 35.5. The van der Waals surface area contributed by atoms with E-state index in [1.807, 2.05) is 0 Å². The molecule has 11 heteroatoms. The van der Waals surface area contributed by atoms with Gasteiger partial charge in [-0.3, -0.25) is 4.79 Å². The van der Waals surface area contributed by atoms with E-state index in [0.717, 1.165) is 12.1 Å². The third-order valence-corrected chi connectivity index (χ3v) is 6.30. The third-order valence-electron chi connectivity index (χ3n) is 5.61. The number of carboxylic acids is 3. The van der Waals surface area contributed by atoms with Gasteiger partial charge in [0.15, 0.2) is 11.3 Å². The molecule has 0 fully saturated rings. The molecule has 1 aliphatic heterocycles. The van der Waals surface area contributed by atoms with E-state index in [2.05, 4.69) is 0 Å². The summed E-state index contributed by atoms with van der Waals surface area (Å²) in [6.07, 6.45) is 0. The summed E-state index contributed by atoms with van der Waals surface area (Å²) in [5.74, 6) is -5.27. The number of phenolic OH excluding ortho intramolecular Hbond substituents is 1. The fourth-order valence-electron chi connectivity index (χ4n) is 3.94. The Morgan fingerprint density at radius 3 is 1.91 bits per heavy atom. The van der Waals surface area contributed by atoms with Crippen LogP contribution in [0.4, 0.5) is 0 Å². The van der Waals surface area contributed by atoms with Crippen LogP contribution >= 0.6 is 23.2 Å². The summed E-state index contributed by atoms with van der Waals surface area (Å²) in [6, 6.07) is 4.51. The highest BCUT2D eigenvalue weighted by Gasteiger charge is 2.30. The van der Waals surface area contributed by atoms with Gasteiger partial charge < -0.3 is 24.8 Å². The first-order chi connectivity index (χ1) is 16.3. The van der Waals surface area contributed by atoms with Crippen molar-refractivity contribution in [2.75, 3.05) is 0 Å². The first-order valence-electron chi connectivity index (χ1n) is 9.81. The van der Waals surface area contributed by atoms with Gasteiger partial charge in [-0.25, -0.2) is 14.4 Å². The molecule has 1 aliphatic carbocycles. The van der Waals surface area contributed by atoms with Crippen LogP contribution in [0.25, 0.3) is 33.4 Å². The van der Waals surface area contributed by atoms with E-state index >= 15 is 0 Å². The Hall–Kier alpha value is -4.08. The van der Waals surface area contributed by atoms with Gasteiger partial charge >= 0.3 is 17.9 Å². The van der Waals surface area contributed by atoms with E-state index < -0.39 is 40.0 Å². The highest BCUT2D eigenvalue weighted by Crippen LogP contribution is 2.48. The van der Waals surface area contributed by atoms with Crippen LogP contribution in [0.15, 0.2) is 33.5 Å². The quantitative estimate of drug-likeness (QED) is 0.264. The lowest BCUT2D eigenvalue weighted by Crippen LogP contribution is -2.13. The number of aryl methyl sites for hydroxylation is 2. The van der Waals surface area contributed by atoms with Gasteiger partial charge in [-0.2, -0.15) is 0 Å². The van der Waals surface area contributed by atoms with Crippen LogP contribution in [-0.4, -0.2) is 38.3 Å². The van der Waals surface area contributed by atoms with Crippen molar-refractivity contribution >= 4 is 52.1 Å². The van der Waals surface area contributed by atoms with Crippen LogP contribution in [0.3, 0.4) is 0 Å². The van der Waals surface area contributed by atoms with Crippen molar-refractivity contribution in [3.8, 4) is 28.2 Å². The summed E-state index contributed by atoms with van der Waals surface area (Å²) in [7, 11) is 0. The van der Waals surface area contributed by atoms with Crippen LogP contribution in [0, 0.1) is 13.8 Å². The maximum atomic E-state index is 12.5. The zero-order valence-corrected chi connectivity index (χ0v) is 19.4. The maximum Gasteiger partial charge on any atom is 0.336 e. The molecule has 0 saturated carbocycles. The highest BCUT2D eigenvalue weighted by molar-refractivity contribution is 6.37. The van der Waals surface area contributed by atoms with Gasteiger partial charge in [-0.15, -0.1) is 0 Å². The second kappa shape index (κ2) is 8.30. The lowest BCUT2D eigenvalue weighted by Gasteiger charge is -2.20. The van der Waals surface area contributed by atoms with E-state index in [1.165, 1.54) is 26.0 Å².